The van der Waals surface area contributed by atoms with E-state index in [4.69, 9.17) is 0 Å². The summed E-state index contributed by atoms with van der Waals surface area (Å²) in [5.41, 5.74) is 6.99. The molecule has 0 unspecified atom stereocenters. The van der Waals surface area contributed by atoms with Crippen LogP contribution < -0.4 is 5.32 Å². The molecule has 0 atom stereocenters. The Morgan fingerprint density at radius 3 is 2.82 bits per heavy atom. The predicted octanol–water partition coefficient (Wildman–Crippen LogP) is 5.38. The van der Waals surface area contributed by atoms with Gasteiger partial charge in [0.25, 0.3) is 0 Å². The molecule has 4 heterocycles. The highest BCUT2D eigenvalue weighted by Crippen LogP contribution is 2.37. The van der Waals surface area contributed by atoms with Gasteiger partial charge in [0.2, 0.25) is 0 Å². The molecule has 28 heavy (non-hydrogen) atoms. The van der Waals surface area contributed by atoms with Gasteiger partial charge in [-0.15, -0.1) is 11.3 Å². The lowest BCUT2D eigenvalue weighted by Gasteiger charge is -2.07. The van der Waals surface area contributed by atoms with Gasteiger partial charge in [0.15, 0.2) is 0 Å². The van der Waals surface area contributed by atoms with E-state index >= 15 is 0 Å². The molecule has 0 aliphatic carbocycles. The molecule has 0 saturated heterocycles. The van der Waals surface area contributed by atoms with Gasteiger partial charge < -0.3 is 15.4 Å². The van der Waals surface area contributed by atoms with Crippen molar-refractivity contribution in [3.63, 3.8) is 0 Å². The number of aromatic nitrogens is 3. The van der Waals surface area contributed by atoms with Crippen LogP contribution in [0.1, 0.15) is 11.3 Å². The van der Waals surface area contributed by atoms with Crippen molar-refractivity contribution in [2.24, 2.45) is 0 Å². The number of pyridine rings is 2. The number of nitrogens with one attached hydrogen (secondary N) is 2. The van der Waals surface area contributed by atoms with Crippen molar-refractivity contribution in [1.29, 1.82) is 0 Å². The van der Waals surface area contributed by atoms with Crippen LogP contribution in [-0.2, 0) is 6.61 Å². The number of aliphatic hydroxyl groups excluding tert-OH is 1. The highest BCUT2D eigenvalue weighted by Gasteiger charge is 2.11. The highest BCUT2D eigenvalue weighted by atomic mass is 32.1. The molecule has 138 valence electrons. The highest BCUT2D eigenvalue weighted by molar-refractivity contribution is 7.22. The van der Waals surface area contributed by atoms with Crippen molar-refractivity contribution in [1.82, 2.24) is 15.0 Å². The number of thiophene rings is 1. The molecule has 5 aromatic rings. The van der Waals surface area contributed by atoms with Crippen molar-refractivity contribution in [2.45, 2.75) is 13.5 Å². The van der Waals surface area contributed by atoms with E-state index in [1.165, 1.54) is 5.39 Å². The van der Waals surface area contributed by atoms with E-state index in [0.29, 0.717) is 0 Å². The Kier molecular flexibility index (Phi) is 4.07. The number of hydrogen-bond acceptors (Lipinski definition) is 5. The Morgan fingerprint density at radius 1 is 1.07 bits per heavy atom. The van der Waals surface area contributed by atoms with Crippen LogP contribution in [0.25, 0.3) is 31.7 Å². The molecule has 0 aliphatic heterocycles. The first kappa shape index (κ1) is 16.9. The van der Waals surface area contributed by atoms with Gasteiger partial charge in [-0.2, -0.15) is 0 Å². The summed E-state index contributed by atoms with van der Waals surface area (Å²) < 4.78 is 1.09. The van der Waals surface area contributed by atoms with E-state index in [1.54, 1.807) is 17.5 Å². The summed E-state index contributed by atoms with van der Waals surface area (Å²) in [4.78, 5) is 13.4. The molecule has 0 amide bonds. The molecule has 4 aromatic heterocycles. The van der Waals surface area contributed by atoms with Gasteiger partial charge >= 0.3 is 0 Å². The van der Waals surface area contributed by atoms with Gasteiger partial charge in [-0.1, -0.05) is 6.07 Å². The minimum Gasteiger partial charge on any atom is -0.392 e. The van der Waals surface area contributed by atoms with E-state index in [9.17, 15) is 5.11 Å². The van der Waals surface area contributed by atoms with E-state index in [-0.39, 0.29) is 6.61 Å². The molecule has 5 rings (SSSR count). The number of H-pyrrole nitrogens is 1. The van der Waals surface area contributed by atoms with Crippen LogP contribution >= 0.6 is 11.3 Å². The number of anilines is 2. The third-order valence-corrected chi connectivity index (χ3v) is 5.89. The number of aliphatic hydroxyl groups is 1. The molecule has 0 fully saturated rings. The zero-order valence-corrected chi connectivity index (χ0v) is 16.0. The minimum absolute atomic E-state index is 0.000328. The fraction of sp³-hybridized carbons (Fsp3) is 0.0909. The summed E-state index contributed by atoms with van der Waals surface area (Å²) in [5.74, 6) is 0. The molecule has 0 aliphatic rings. The van der Waals surface area contributed by atoms with Crippen LogP contribution in [0, 0.1) is 6.92 Å². The van der Waals surface area contributed by atoms with Gasteiger partial charge in [-0.3, -0.25) is 9.97 Å². The zero-order valence-electron chi connectivity index (χ0n) is 15.2. The number of nitrogens with zero attached hydrogens (tertiary/aromatic N) is 2. The number of hydrogen-bond donors (Lipinski definition) is 3. The van der Waals surface area contributed by atoms with Crippen LogP contribution in [0.5, 0.6) is 0 Å². The molecular weight excluding hydrogens is 368 g/mol. The number of benzene rings is 1. The standard InChI is InChI=1S/C22H18N4OS/c1-13-8-15-9-16(3-5-17(15)25-13)26-19-6-7-23-20-10-21(28-22(19)20)18-4-2-14(12-27)11-24-18/h2-11,25,27H,12H2,1H3,(H,23,26). The third-order valence-electron chi connectivity index (χ3n) is 4.71. The Labute approximate surface area is 165 Å². The number of fused-ring (bicyclic) bond motifs is 2. The second kappa shape index (κ2) is 6.74. The van der Waals surface area contributed by atoms with Crippen molar-refractivity contribution in [3.8, 4) is 10.6 Å². The van der Waals surface area contributed by atoms with Gasteiger partial charge in [-0.25, -0.2) is 0 Å². The molecule has 0 spiro atoms. The second-order valence-corrected chi connectivity index (χ2v) is 7.82. The normalized spacial score (nSPS) is 11.4. The minimum atomic E-state index is 0.000328. The van der Waals surface area contributed by atoms with Crippen molar-refractivity contribution in [2.75, 3.05) is 5.32 Å². The molecule has 1 aromatic carbocycles. The largest absolute Gasteiger partial charge is 0.392 e. The average molecular weight is 386 g/mol. The van der Waals surface area contributed by atoms with Crippen LogP contribution in [0.2, 0.25) is 0 Å². The smallest absolute Gasteiger partial charge is 0.0837 e. The maximum absolute atomic E-state index is 9.20. The molecule has 0 radical (unpaired) electrons. The summed E-state index contributed by atoms with van der Waals surface area (Å²) in [7, 11) is 0. The van der Waals surface area contributed by atoms with Gasteiger partial charge in [-0.05, 0) is 55.0 Å². The number of rotatable bonds is 4. The summed E-state index contributed by atoms with van der Waals surface area (Å²) in [6, 6.07) is 16.4. The summed E-state index contributed by atoms with van der Waals surface area (Å²) in [6.07, 6.45) is 3.53. The first-order valence-corrected chi connectivity index (χ1v) is 9.82. The summed E-state index contributed by atoms with van der Waals surface area (Å²) in [6.45, 7) is 2.06. The fourth-order valence-electron chi connectivity index (χ4n) is 3.34. The maximum Gasteiger partial charge on any atom is 0.0837 e. The van der Waals surface area contributed by atoms with Crippen molar-refractivity contribution in [3.05, 3.63) is 72.2 Å². The van der Waals surface area contributed by atoms with Crippen LogP contribution in [0.4, 0.5) is 11.4 Å². The van der Waals surface area contributed by atoms with Crippen LogP contribution in [0.15, 0.2) is 60.9 Å². The Balaban J connectivity index is 1.52. The first-order valence-electron chi connectivity index (χ1n) is 9.01. The molecule has 6 heteroatoms. The Bertz CT molecular complexity index is 1290. The lowest BCUT2D eigenvalue weighted by molar-refractivity contribution is 0.281. The van der Waals surface area contributed by atoms with E-state index < -0.39 is 0 Å². The number of aryl methyl sites for hydroxylation is 1. The van der Waals surface area contributed by atoms with Crippen LogP contribution in [-0.4, -0.2) is 20.1 Å². The quantitative estimate of drug-likeness (QED) is 0.387. The maximum atomic E-state index is 9.20. The number of aromatic amines is 1. The van der Waals surface area contributed by atoms with Gasteiger partial charge in [0.1, 0.15) is 0 Å². The Hall–Kier alpha value is -3.22. The van der Waals surface area contributed by atoms with E-state index in [2.05, 4.69) is 57.5 Å². The first-order chi connectivity index (χ1) is 13.7. The lowest BCUT2D eigenvalue weighted by atomic mass is 10.2. The molecule has 5 nitrogen and oxygen atoms in total. The second-order valence-electron chi connectivity index (χ2n) is 6.77. The molecule has 0 bridgehead atoms. The average Bonchev–Trinajstić information content (AvgIpc) is 3.31. The SMILES string of the molecule is Cc1cc2cc(Nc3ccnc4cc(-c5ccc(CO)cn5)sc34)ccc2[nH]1. The van der Waals surface area contributed by atoms with Crippen molar-refractivity contribution >= 4 is 43.8 Å². The van der Waals surface area contributed by atoms with E-state index in [1.807, 2.05) is 24.4 Å². The summed E-state index contributed by atoms with van der Waals surface area (Å²) >= 11 is 1.66. The molecular formula is C22H18N4OS. The van der Waals surface area contributed by atoms with E-state index in [0.717, 1.165) is 48.9 Å². The van der Waals surface area contributed by atoms with Crippen LogP contribution in [0.3, 0.4) is 0 Å². The van der Waals surface area contributed by atoms with Crippen molar-refractivity contribution < 1.29 is 5.11 Å². The monoisotopic (exact) mass is 386 g/mol. The molecule has 3 N–H and O–H groups in total. The topological polar surface area (TPSA) is 73.8 Å². The fourth-order valence-corrected chi connectivity index (χ4v) is 4.40. The van der Waals surface area contributed by atoms with Gasteiger partial charge in [0, 0.05) is 34.7 Å². The predicted molar refractivity (Wildman–Crippen MR) is 115 cm³/mol. The lowest BCUT2D eigenvalue weighted by Crippen LogP contribution is -1.90. The zero-order chi connectivity index (χ0) is 19.1. The Morgan fingerprint density at radius 2 is 2.00 bits per heavy atom. The summed E-state index contributed by atoms with van der Waals surface area (Å²) in [5, 5.41) is 13.9. The molecule has 0 saturated carbocycles. The van der Waals surface area contributed by atoms with Gasteiger partial charge in [0.05, 0.1) is 33.1 Å². The third kappa shape index (κ3) is 3.02.